The predicted molar refractivity (Wildman–Crippen MR) is 101 cm³/mol. The van der Waals surface area contributed by atoms with E-state index >= 15 is 0 Å². The first kappa shape index (κ1) is 16.9. The van der Waals surface area contributed by atoms with Gasteiger partial charge in [0.15, 0.2) is 5.78 Å². The van der Waals surface area contributed by atoms with Gasteiger partial charge in [0, 0.05) is 33.7 Å². The average Bonchev–Trinajstić information content (AvgIpc) is 2.54. The molecule has 0 aliphatic rings. The maximum Gasteiger partial charge on any atom is 0.229 e. The highest BCUT2D eigenvalue weighted by molar-refractivity contribution is 6.30. The number of nitrogens with zero attached hydrogens (tertiary/aromatic N) is 2. The van der Waals surface area contributed by atoms with Gasteiger partial charge < -0.3 is 10.6 Å². The summed E-state index contributed by atoms with van der Waals surface area (Å²) in [5, 5.41) is 7.00. The van der Waals surface area contributed by atoms with Gasteiger partial charge in [0.2, 0.25) is 5.95 Å². The van der Waals surface area contributed by atoms with E-state index in [0.29, 0.717) is 22.4 Å². The van der Waals surface area contributed by atoms with Gasteiger partial charge in [-0.25, -0.2) is 4.98 Å². The minimum absolute atomic E-state index is 0.0112. The summed E-state index contributed by atoms with van der Waals surface area (Å²) < 4.78 is 0. The Bertz CT molecular complexity index is 927. The van der Waals surface area contributed by atoms with Crippen molar-refractivity contribution in [2.75, 3.05) is 10.6 Å². The number of hydrogen-bond acceptors (Lipinski definition) is 5. The fourth-order valence-electron chi connectivity index (χ4n) is 2.35. The third kappa shape index (κ3) is 4.55. The largest absolute Gasteiger partial charge is 0.340 e. The second-order valence-electron chi connectivity index (χ2n) is 5.62. The number of carbonyl (C=O) groups excluding carboxylic acids is 1. The number of ketones is 1. The minimum atomic E-state index is 0.0112. The molecule has 0 unspecified atom stereocenters. The topological polar surface area (TPSA) is 66.9 Å². The van der Waals surface area contributed by atoms with Crippen molar-refractivity contribution in [3.63, 3.8) is 0 Å². The first-order chi connectivity index (χ1) is 12.0. The zero-order chi connectivity index (χ0) is 17.8. The molecule has 0 atom stereocenters. The van der Waals surface area contributed by atoms with Gasteiger partial charge >= 0.3 is 0 Å². The quantitative estimate of drug-likeness (QED) is 0.623. The van der Waals surface area contributed by atoms with Crippen molar-refractivity contribution in [3.8, 4) is 0 Å². The summed E-state index contributed by atoms with van der Waals surface area (Å²) in [5.41, 5.74) is 3.04. The number of rotatable bonds is 5. The molecule has 0 saturated carbocycles. The molecule has 0 fully saturated rings. The smallest absolute Gasteiger partial charge is 0.229 e. The number of carbonyl (C=O) groups is 1. The van der Waals surface area contributed by atoms with Crippen LogP contribution in [0, 0.1) is 6.92 Å². The molecule has 2 N–H and O–H groups in total. The molecular weight excluding hydrogens is 336 g/mol. The van der Waals surface area contributed by atoms with Gasteiger partial charge in [0.25, 0.3) is 0 Å². The van der Waals surface area contributed by atoms with E-state index in [-0.39, 0.29) is 5.78 Å². The monoisotopic (exact) mass is 352 g/mol. The zero-order valence-electron chi connectivity index (χ0n) is 13.9. The highest BCUT2D eigenvalue weighted by Gasteiger charge is 2.06. The molecule has 1 aromatic heterocycles. The Morgan fingerprint density at radius 3 is 2.40 bits per heavy atom. The maximum absolute atomic E-state index is 11.5. The van der Waals surface area contributed by atoms with E-state index in [2.05, 4.69) is 20.6 Å². The van der Waals surface area contributed by atoms with Crippen molar-refractivity contribution in [3.05, 3.63) is 70.9 Å². The van der Waals surface area contributed by atoms with Crippen molar-refractivity contribution >= 4 is 40.5 Å². The Labute approximate surface area is 151 Å². The number of halogens is 1. The third-order valence-corrected chi connectivity index (χ3v) is 3.71. The lowest BCUT2D eigenvalue weighted by Gasteiger charge is -2.10. The van der Waals surface area contributed by atoms with Crippen LogP contribution < -0.4 is 10.6 Å². The second-order valence-corrected chi connectivity index (χ2v) is 6.05. The number of hydrogen-bond donors (Lipinski definition) is 2. The lowest BCUT2D eigenvalue weighted by molar-refractivity contribution is 0.101. The first-order valence-corrected chi connectivity index (χ1v) is 8.14. The molecule has 2 aromatic carbocycles. The van der Waals surface area contributed by atoms with Gasteiger partial charge in [0.05, 0.1) is 0 Å². The van der Waals surface area contributed by atoms with Crippen LogP contribution in [-0.2, 0) is 0 Å². The SMILES string of the molecule is CC(=O)c1cccc(Nc2nc(C)cc(Nc3cccc(Cl)c3)n2)c1. The molecule has 3 rings (SSSR count). The van der Waals surface area contributed by atoms with E-state index in [1.54, 1.807) is 12.1 Å². The van der Waals surface area contributed by atoms with E-state index in [9.17, 15) is 4.79 Å². The Hall–Kier alpha value is -2.92. The molecule has 5 nitrogen and oxygen atoms in total. The Morgan fingerprint density at radius 2 is 1.68 bits per heavy atom. The molecule has 0 spiro atoms. The van der Waals surface area contributed by atoms with Crippen LogP contribution in [0.2, 0.25) is 5.02 Å². The van der Waals surface area contributed by atoms with E-state index in [1.807, 2.05) is 49.4 Å². The molecule has 3 aromatic rings. The highest BCUT2D eigenvalue weighted by atomic mass is 35.5. The van der Waals surface area contributed by atoms with Gasteiger partial charge in [-0.05, 0) is 44.2 Å². The summed E-state index contributed by atoms with van der Waals surface area (Å²) in [7, 11) is 0. The van der Waals surface area contributed by atoms with Crippen LogP contribution in [0.4, 0.5) is 23.1 Å². The first-order valence-electron chi connectivity index (χ1n) is 7.76. The summed E-state index contributed by atoms with van der Waals surface area (Å²) in [4.78, 5) is 20.4. The summed E-state index contributed by atoms with van der Waals surface area (Å²) in [6.07, 6.45) is 0. The summed E-state index contributed by atoms with van der Waals surface area (Å²) in [6, 6.07) is 16.5. The second kappa shape index (κ2) is 7.32. The number of aromatic nitrogens is 2. The molecule has 1 heterocycles. The number of benzene rings is 2. The van der Waals surface area contributed by atoms with Crippen molar-refractivity contribution in [2.24, 2.45) is 0 Å². The predicted octanol–water partition coefficient (Wildman–Crippen LogP) is 5.13. The Morgan fingerprint density at radius 1 is 0.960 bits per heavy atom. The molecule has 0 aliphatic heterocycles. The van der Waals surface area contributed by atoms with Gasteiger partial charge in [-0.2, -0.15) is 4.98 Å². The van der Waals surface area contributed by atoms with E-state index in [1.165, 1.54) is 6.92 Å². The summed E-state index contributed by atoms with van der Waals surface area (Å²) in [5.74, 6) is 1.11. The standard InChI is InChI=1S/C19H17ClN4O/c1-12-9-18(22-17-8-4-6-15(20)11-17)24-19(21-12)23-16-7-3-5-14(10-16)13(2)25/h3-11H,1-2H3,(H2,21,22,23,24). The van der Waals surface area contributed by atoms with Gasteiger partial charge in [0.1, 0.15) is 5.82 Å². The summed E-state index contributed by atoms with van der Waals surface area (Å²) in [6.45, 7) is 3.43. The van der Waals surface area contributed by atoms with Crippen LogP contribution in [0.15, 0.2) is 54.6 Å². The maximum atomic E-state index is 11.5. The fraction of sp³-hybridized carbons (Fsp3) is 0.105. The van der Waals surface area contributed by atoms with Crippen LogP contribution >= 0.6 is 11.6 Å². The van der Waals surface area contributed by atoms with Crippen molar-refractivity contribution in [2.45, 2.75) is 13.8 Å². The van der Waals surface area contributed by atoms with Crippen LogP contribution in [-0.4, -0.2) is 15.8 Å². The number of aryl methyl sites for hydroxylation is 1. The molecule has 0 aliphatic carbocycles. The molecule has 6 heteroatoms. The molecule has 0 amide bonds. The number of Topliss-reactive ketones (excluding diaryl/α,β-unsaturated/α-hetero) is 1. The van der Waals surface area contributed by atoms with E-state index in [0.717, 1.165) is 17.1 Å². The summed E-state index contributed by atoms with van der Waals surface area (Å²) >= 11 is 6.01. The van der Waals surface area contributed by atoms with Crippen LogP contribution in [0.5, 0.6) is 0 Å². The Kier molecular flexibility index (Phi) is 4.95. The van der Waals surface area contributed by atoms with Crippen LogP contribution in [0.1, 0.15) is 23.0 Å². The van der Waals surface area contributed by atoms with Crippen LogP contribution in [0.25, 0.3) is 0 Å². The number of nitrogens with one attached hydrogen (secondary N) is 2. The van der Waals surface area contributed by atoms with Crippen LogP contribution in [0.3, 0.4) is 0 Å². The lowest BCUT2D eigenvalue weighted by Crippen LogP contribution is -2.03. The van der Waals surface area contributed by atoms with Crippen molar-refractivity contribution in [1.82, 2.24) is 9.97 Å². The molecular formula is C19H17ClN4O. The molecule has 0 saturated heterocycles. The van der Waals surface area contributed by atoms with E-state index in [4.69, 9.17) is 11.6 Å². The Balaban J connectivity index is 1.84. The zero-order valence-corrected chi connectivity index (χ0v) is 14.6. The average molecular weight is 353 g/mol. The fourth-order valence-corrected chi connectivity index (χ4v) is 2.54. The third-order valence-electron chi connectivity index (χ3n) is 3.48. The van der Waals surface area contributed by atoms with Crippen molar-refractivity contribution in [1.29, 1.82) is 0 Å². The minimum Gasteiger partial charge on any atom is -0.340 e. The normalized spacial score (nSPS) is 10.4. The molecule has 126 valence electrons. The van der Waals surface area contributed by atoms with Gasteiger partial charge in [-0.15, -0.1) is 0 Å². The molecule has 0 radical (unpaired) electrons. The molecule has 25 heavy (non-hydrogen) atoms. The van der Waals surface area contributed by atoms with Gasteiger partial charge in [-0.1, -0.05) is 29.8 Å². The molecule has 0 bridgehead atoms. The van der Waals surface area contributed by atoms with Gasteiger partial charge in [-0.3, -0.25) is 4.79 Å². The number of anilines is 4. The van der Waals surface area contributed by atoms with E-state index < -0.39 is 0 Å². The van der Waals surface area contributed by atoms with Crippen molar-refractivity contribution < 1.29 is 4.79 Å². The lowest BCUT2D eigenvalue weighted by atomic mass is 10.1. The highest BCUT2D eigenvalue weighted by Crippen LogP contribution is 2.21.